The molecule has 0 aromatic rings. The summed E-state index contributed by atoms with van der Waals surface area (Å²) < 4.78 is 0. The zero-order valence-corrected chi connectivity index (χ0v) is 9.65. The van der Waals surface area contributed by atoms with Gasteiger partial charge in [0, 0.05) is 12.6 Å². The van der Waals surface area contributed by atoms with E-state index in [1.165, 1.54) is 19.5 Å². The molecule has 1 aliphatic rings. The molecule has 1 N–H and O–H groups in total. The summed E-state index contributed by atoms with van der Waals surface area (Å²) in [6, 6.07) is 0.782. The Balaban J connectivity index is 0. The molecular weight excluding hydrogens is 148 g/mol. The van der Waals surface area contributed by atoms with Crippen LogP contribution in [-0.4, -0.2) is 38.1 Å². The van der Waals surface area contributed by atoms with Gasteiger partial charge < -0.3 is 10.2 Å². The second kappa shape index (κ2) is 10.9. The lowest BCUT2D eigenvalue weighted by atomic mass is 10.1. The number of likely N-dealkylation sites (N-methyl/N-ethyl adjacent to an activating group) is 1. The number of hydrogen-bond acceptors (Lipinski definition) is 2. The third-order valence-electron chi connectivity index (χ3n) is 1.51. The standard InChI is InChI=1S/C6H14N2.2C2H6/c1-8(2)5-6-3-4-7-6;2*1-2/h6-7H,3-5H2,1-2H3;2*1-2H3. The first-order chi connectivity index (χ1) is 5.79. The highest BCUT2D eigenvalue weighted by Crippen LogP contribution is 2.01. The summed E-state index contributed by atoms with van der Waals surface area (Å²) >= 11 is 0. The molecule has 0 spiro atoms. The van der Waals surface area contributed by atoms with Gasteiger partial charge in [-0.25, -0.2) is 0 Å². The molecule has 1 unspecified atom stereocenters. The van der Waals surface area contributed by atoms with E-state index in [0.717, 1.165) is 6.04 Å². The van der Waals surface area contributed by atoms with Gasteiger partial charge in [-0.1, -0.05) is 27.7 Å². The SMILES string of the molecule is CC.CC.CN(C)CC1CCN1. The van der Waals surface area contributed by atoms with Crippen molar-refractivity contribution in [3.63, 3.8) is 0 Å². The molecule has 0 aromatic heterocycles. The maximum absolute atomic E-state index is 3.34. The minimum absolute atomic E-state index is 0.782. The highest BCUT2D eigenvalue weighted by Gasteiger charge is 2.15. The first-order valence-electron chi connectivity index (χ1n) is 5.17. The molecule has 1 atom stereocenters. The van der Waals surface area contributed by atoms with Crippen LogP contribution in [0.2, 0.25) is 0 Å². The molecule has 2 nitrogen and oxygen atoms in total. The molecule has 12 heavy (non-hydrogen) atoms. The summed E-state index contributed by atoms with van der Waals surface area (Å²) in [6.45, 7) is 10.4. The second-order valence-corrected chi connectivity index (χ2v) is 2.70. The Morgan fingerprint density at radius 1 is 1.17 bits per heavy atom. The molecule has 76 valence electrons. The molecule has 1 rings (SSSR count). The minimum atomic E-state index is 0.782. The van der Waals surface area contributed by atoms with Crippen LogP contribution in [0.4, 0.5) is 0 Å². The van der Waals surface area contributed by atoms with Crippen molar-refractivity contribution in [2.24, 2.45) is 0 Å². The minimum Gasteiger partial charge on any atom is -0.313 e. The van der Waals surface area contributed by atoms with Gasteiger partial charge in [-0.15, -0.1) is 0 Å². The zero-order chi connectivity index (χ0) is 9.98. The van der Waals surface area contributed by atoms with Crippen LogP contribution in [0.25, 0.3) is 0 Å². The van der Waals surface area contributed by atoms with Crippen LogP contribution in [0.3, 0.4) is 0 Å². The highest BCUT2D eigenvalue weighted by molar-refractivity contribution is 4.78. The number of nitrogens with one attached hydrogen (secondary N) is 1. The zero-order valence-electron chi connectivity index (χ0n) is 9.65. The summed E-state index contributed by atoms with van der Waals surface area (Å²) in [5.74, 6) is 0. The van der Waals surface area contributed by atoms with Gasteiger partial charge in [-0.05, 0) is 27.1 Å². The Hall–Kier alpha value is -0.0800. The van der Waals surface area contributed by atoms with Gasteiger partial charge in [0.15, 0.2) is 0 Å². The molecular formula is C10H26N2. The molecule has 0 aliphatic carbocycles. The fourth-order valence-electron chi connectivity index (χ4n) is 0.945. The fourth-order valence-corrected chi connectivity index (χ4v) is 0.945. The lowest BCUT2D eigenvalue weighted by Crippen LogP contribution is -2.48. The van der Waals surface area contributed by atoms with E-state index in [4.69, 9.17) is 0 Å². The first kappa shape index (κ1) is 14.4. The van der Waals surface area contributed by atoms with E-state index >= 15 is 0 Å². The van der Waals surface area contributed by atoms with Gasteiger partial charge in [-0.3, -0.25) is 0 Å². The number of rotatable bonds is 2. The van der Waals surface area contributed by atoms with Crippen molar-refractivity contribution < 1.29 is 0 Å². The summed E-state index contributed by atoms with van der Waals surface area (Å²) in [4.78, 5) is 2.22. The van der Waals surface area contributed by atoms with Gasteiger partial charge in [-0.2, -0.15) is 0 Å². The molecule has 1 saturated heterocycles. The van der Waals surface area contributed by atoms with Crippen LogP contribution < -0.4 is 5.32 Å². The Morgan fingerprint density at radius 2 is 1.58 bits per heavy atom. The topological polar surface area (TPSA) is 15.3 Å². The summed E-state index contributed by atoms with van der Waals surface area (Å²) in [6.07, 6.45) is 1.36. The van der Waals surface area contributed by atoms with Crippen molar-refractivity contribution in [3.05, 3.63) is 0 Å². The molecule has 1 aliphatic heterocycles. The predicted octanol–water partition coefficient (Wildman–Crippen LogP) is 1.96. The number of hydrogen-bond donors (Lipinski definition) is 1. The molecule has 0 amide bonds. The van der Waals surface area contributed by atoms with Crippen molar-refractivity contribution in [2.75, 3.05) is 27.2 Å². The first-order valence-corrected chi connectivity index (χ1v) is 5.17. The summed E-state index contributed by atoms with van der Waals surface area (Å²) in [5.41, 5.74) is 0. The third kappa shape index (κ3) is 8.02. The normalized spacial score (nSPS) is 19.8. The molecule has 0 bridgehead atoms. The maximum Gasteiger partial charge on any atom is 0.0206 e. The van der Waals surface area contributed by atoms with Crippen LogP contribution in [0.1, 0.15) is 34.1 Å². The fraction of sp³-hybridized carbons (Fsp3) is 1.00. The van der Waals surface area contributed by atoms with Crippen LogP contribution in [0.15, 0.2) is 0 Å². The van der Waals surface area contributed by atoms with Gasteiger partial charge in [0.2, 0.25) is 0 Å². The van der Waals surface area contributed by atoms with Gasteiger partial charge in [0.25, 0.3) is 0 Å². The average molecular weight is 174 g/mol. The van der Waals surface area contributed by atoms with Crippen molar-refractivity contribution in [1.29, 1.82) is 0 Å². The molecule has 1 heterocycles. The quantitative estimate of drug-likeness (QED) is 0.688. The van der Waals surface area contributed by atoms with E-state index in [9.17, 15) is 0 Å². The van der Waals surface area contributed by atoms with E-state index in [0.29, 0.717) is 0 Å². The Kier molecular flexibility index (Phi) is 13.1. The largest absolute Gasteiger partial charge is 0.313 e. The van der Waals surface area contributed by atoms with E-state index < -0.39 is 0 Å². The van der Waals surface area contributed by atoms with Crippen molar-refractivity contribution in [3.8, 4) is 0 Å². The van der Waals surface area contributed by atoms with Crippen molar-refractivity contribution in [1.82, 2.24) is 10.2 Å². The third-order valence-corrected chi connectivity index (χ3v) is 1.51. The van der Waals surface area contributed by atoms with Crippen LogP contribution in [0.5, 0.6) is 0 Å². The van der Waals surface area contributed by atoms with Crippen LogP contribution >= 0.6 is 0 Å². The molecule has 0 radical (unpaired) electrons. The average Bonchev–Trinajstić information content (AvgIpc) is 2.05. The molecule has 1 fully saturated rings. The Morgan fingerprint density at radius 3 is 1.67 bits per heavy atom. The van der Waals surface area contributed by atoms with Crippen LogP contribution in [0, 0.1) is 0 Å². The highest BCUT2D eigenvalue weighted by atomic mass is 15.1. The van der Waals surface area contributed by atoms with E-state index in [-0.39, 0.29) is 0 Å². The van der Waals surface area contributed by atoms with Gasteiger partial charge in [0.1, 0.15) is 0 Å². The maximum atomic E-state index is 3.34. The van der Waals surface area contributed by atoms with E-state index in [1.807, 2.05) is 27.7 Å². The van der Waals surface area contributed by atoms with Crippen LogP contribution in [-0.2, 0) is 0 Å². The molecule has 0 saturated carbocycles. The monoisotopic (exact) mass is 174 g/mol. The van der Waals surface area contributed by atoms with E-state index in [2.05, 4.69) is 24.3 Å². The van der Waals surface area contributed by atoms with E-state index in [1.54, 1.807) is 0 Å². The lowest BCUT2D eigenvalue weighted by Gasteiger charge is -2.29. The Bertz CT molecular complexity index is 68.2. The Labute approximate surface area is 78.3 Å². The summed E-state index contributed by atoms with van der Waals surface area (Å²) in [7, 11) is 4.22. The summed E-state index contributed by atoms with van der Waals surface area (Å²) in [5, 5.41) is 3.34. The van der Waals surface area contributed by atoms with Gasteiger partial charge in [0.05, 0.1) is 0 Å². The van der Waals surface area contributed by atoms with Crippen molar-refractivity contribution >= 4 is 0 Å². The second-order valence-electron chi connectivity index (χ2n) is 2.70. The molecule has 2 heteroatoms. The lowest BCUT2D eigenvalue weighted by molar-refractivity contribution is 0.273. The van der Waals surface area contributed by atoms with Gasteiger partial charge >= 0.3 is 0 Å². The predicted molar refractivity (Wildman–Crippen MR) is 57.7 cm³/mol. The molecule has 0 aromatic carbocycles. The number of nitrogens with zero attached hydrogens (tertiary/aromatic N) is 1. The van der Waals surface area contributed by atoms with Crippen molar-refractivity contribution in [2.45, 2.75) is 40.2 Å². The smallest absolute Gasteiger partial charge is 0.0206 e.